The first-order valence-electron chi connectivity index (χ1n) is 11.2. The molecule has 0 unspecified atom stereocenters. The van der Waals surface area contributed by atoms with E-state index < -0.39 is 11.7 Å². The normalized spacial score (nSPS) is 12.8. The van der Waals surface area contributed by atoms with Crippen molar-refractivity contribution in [3.05, 3.63) is 59.4 Å². The number of aromatic nitrogens is 3. The Hall–Kier alpha value is -4.12. The van der Waals surface area contributed by atoms with Gasteiger partial charge in [-0.1, -0.05) is 0 Å². The van der Waals surface area contributed by atoms with E-state index in [4.69, 9.17) is 10.6 Å². The lowest BCUT2D eigenvalue weighted by atomic mass is 10.1. The van der Waals surface area contributed by atoms with Crippen LogP contribution in [0.3, 0.4) is 0 Å². The summed E-state index contributed by atoms with van der Waals surface area (Å²) < 4.78 is 14.9. The number of rotatable bonds is 9. The molecule has 182 valence electrons. The maximum atomic E-state index is 14.9. The van der Waals surface area contributed by atoms with Crippen LogP contribution in [0.4, 0.5) is 21.5 Å². The van der Waals surface area contributed by atoms with Crippen LogP contribution in [0.15, 0.2) is 36.8 Å². The second kappa shape index (κ2) is 10.0. The zero-order valence-corrected chi connectivity index (χ0v) is 19.6. The summed E-state index contributed by atoms with van der Waals surface area (Å²) in [5.41, 5.74) is 7.74. The number of pyridine rings is 1. The Morgan fingerprint density at radius 1 is 1.14 bits per heavy atom. The largest absolute Gasteiger partial charge is 0.386 e. The highest BCUT2D eigenvalue weighted by atomic mass is 19.1. The van der Waals surface area contributed by atoms with E-state index in [9.17, 15) is 14.0 Å². The van der Waals surface area contributed by atoms with Gasteiger partial charge in [0, 0.05) is 43.3 Å². The second-order valence-corrected chi connectivity index (χ2v) is 8.09. The summed E-state index contributed by atoms with van der Waals surface area (Å²) in [5, 5.41) is 7.18. The van der Waals surface area contributed by atoms with Crippen molar-refractivity contribution in [2.45, 2.75) is 32.7 Å². The van der Waals surface area contributed by atoms with Gasteiger partial charge in [-0.15, -0.1) is 0 Å². The van der Waals surface area contributed by atoms with Crippen molar-refractivity contribution < 1.29 is 18.8 Å². The molecule has 0 aliphatic heterocycles. The molecule has 11 heteroatoms. The van der Waals surface area contributed by atoms with E-state index >= 15 is 0 Å². The minimum Gasteiger partial charge on any atom is -0.386 e. The van der Waals surface area contributed by atoms with Crippen molar-refractivity contribution in [1.82, 2.24) is 20.3 Å². The Balaban J connectivity index is 1.89. The predicted molar refractivity (Wildman–Crippen MR) is 129 cm³/mol. The predicted octanol–water partition coefficient (Wildman–Crippen LogP) is 3.11. The zero-order chi connectivity index (χ0) is 25.1. The molecular weight excluding hydrogens is 453 g/mol. The zero-order valence-electron chi connectivity index (χ0n) is 19.6. The Morgan fingerprint density at radius 2 is 1.86 bits per heavy atom. The smallest absolute Gasteiger partial charge is 0.270 e. The van der Waals surface area contributed by atoms with E-state index in [-0.39, 0.29) is 41.2 Å². The molecule has 0 saturated heterocycles. The number of hydrogen-bond acceptors (Lipinski definition) is 8. The number of anilines is 3. The van der Waals surface area contributed by atoms with E-state index in [1.165, 1.54) is 29.5 Å². The molecule has 1 aliphatic carbocycles. The summed E-state index contributed by atoms with van der Waals surface area (Å²) >= 11 is 0. The van der Waals surface area contributed by atoms with Crippen LogP contribution in [0, 0.1) is 12.7 Å². The van der Waals surface area contributed by atoms with Crippen LogP contribution in [0.2, 0.25) is 0 Å². The van der Waals surface area contributed by atoms with Crippen LogP contribution in [-0.4, -0.2) is 46.5 Å². The molecule has 0 spiro atoms. The molecule has 1 aromatic carbocycles. The van der Waals surface area contributed by atoms with Crippen molar-refractivity contribution in [1.29, 1.82) is 0 Å². The number of primary amides is 1. The minimum absolute atomic E-state index is 0.000808. The van der Waals surface area contributed by atoms with Gasteiger partial charge in [-0.05, 0) is 44.4 Å². The van der Waals surface area contributed by atoms with Gasteiger partial charge in [0.1, 0.15) is 11.5 Å². The molecule has 35 heavy (non-hydrogen) atoms. The van der Waals surface area contributed by atoms with Gasteiger partial charge >= 0.3 is 0 Å². The van der Waals surface area contributed by atoms with Gasteiger partial charge in [0.25, 0.3) is 11.8 Å². The lowest BCUT2D eigenvalue weighted by Gasteiger charge is -2.28. The van der Waals surface area contributed by atoms with Gasteiger partial charge in [0.05, 0.1) is 29.2 Å². The Bertz CT molecular complexity index is 1260. The standard InChI is InChI=1S/C24H26FN7O3/c1-4-35-32(19-9-18(24(34)31-15-5-6-15)28-12-17(19)22(26)33)20-8-14(25)7-16(21(20)27-3)23-29-10-13(2)11-30-23/h7-12,15,27H,4-6H2,1-3H3,(H2,26,33)(H,31,34). The van der Waals surface area contributed by atoms with E-state index in [0.29, 0.717) is 17.1 Å². The number of aryl methyl sites for hydroxylation is 1. The molecule has 10 nitrogen and oxygen atoms in total. The van der Waals surface area contributed by atoms with E-state index in [0.717, 1.165) is 18.4 Å². The summed E-state index contributed by atoms with van der Waals surface area (Å²) in [7, 11) is 1.66. The van der Waals surface area contributed by atoms with E-state index in [1.807, 2.05) is 6.92 Å². The van der Waals surface area contributed by atoms with Crippen molar-refractivity contribution in [3.63, 3.8) is 0 Å². The van der Waals surface area contributed by atoms with Gasteiger partial charge in [-0.2, -0.15) is 0 Å². The van der Waals surface area contributed by atoms with Crippen molar-refractivity contribution in [3.8, 4) is 11.4 Å². The number of nitrogens with one attached hydrogen (secondary N) is 2. The number of benzene rings is 1. The van der Waals surface area contributed by atoms with E-state index in [1.54, 1.807) is 26.4 Å². The lowest BCUT2D eigenvalue weighted by Crippen LogP contribution is -2.28. The van der Waals surface area contributed by atoms with Gasteiger partial charge in [0.15, 0.2) is 5.82 Å². The van der Waals surface area contributed by atoms with Crippen LogP contribution in [0.1, 0.15) is 46.2 Å². The van der Waals surface area contributed by atoms with Gasteiger partial charge in [0.2, 0.25) is 0 Å². The SMILES string of the molecule is CCON(c1cc(C(=O)NC2CC2)ncc1C(N)=O)c1cc(F)cc(-c2ncc(C)cn2)c1NC. The third kappa shape index (κ3) is 5.19. The monoisotopic (exact) mass is 479 g/mol. The minimum atomic E-state index is -0.782. The molecule has 2 heterocycles. The highest BCUT2D eigenvalue weighted by molar-refractivity contribution is 6.02. The molecule has 3 aromatic rings. The first kappa shape index (κ1) is 24.0. The highest BCUT2D eigenvalue weighted by Crippen LogP contribution is 2.40. The summed E-state index contributed by atoms with van der Waals surface area (Å²) in [6.07, 6.45) is 6.29. The second-order valence-electron chi connectivity index (χ2n) is 8.09. The molecule has 2 amide bonds. The fraction of sp³-hybridized carbons (Fsp3) is 0.292. The molecule has 0 radical (unpaired) electrons. The Morgan fingerprint density at radius 3 is 2.46 bits per heavy atom. The van der Waals surface area contributed by atoms with Gasteiger partial charge < -0.3 is 16.4 Å². The topological polar surface area (TPSA) is 135 Å². The maximum Gasteiger partial charge on any atom is 0.270 e. The van der Waals surface area contributed by atoms with Gasteiger partial charge in [-0.3, -0.25) is 19.4 Å². The maximum absolute atomic E-state index is 14.9. The third-order valence-electron chi connectivity index (χ3n) is 5.34. The third-order valence-corrected chi connectivity index (χ3v) is 5.34. The average Bonchev–Trinajstić information content (AvgIpc) is 3.66. The molecular formula is C24H26FN7O3. The van der Waals surface area contributed by atoms with Gasteiger partial charge in [-0.25, -0.2) is 19.4 Å². The summed E-state index contributed by atoms with van der Waals surface area (Å²) in [6.45, 7) is 3.75. The summed E-state index contributed by atoms with van der Waals surface area (Å²) in [6, 6.07) is 4.07. The molecule has 2 aromatic heterocycles. The number of nitrogens with zero attached hydrogens (tertiary/aromatic N) is 4. The summed E-state index contributed by atoms with van der Waals surface area (Å²) in [5.74, 6) is -1.45. The van der Waals surface area contributed by atoms with Crippen molar-refractivity contribution >= 4 is 28.9 Å². The molecule has 4 N–H and O–H groups in total. The quantitative estimate of drug-likeness (QED) is 0.399. The number of hydrogen-bond donors (Lipinski definition) is 3. The van der Waals surface area contributed by atoms with E-state index in [2.05, 4.69) is 25.6 Å². The number of carbonyl (C=O) groups is 2. The molecule has 4 rings (SSSR count). The number of carbonyl (C=O) groups excluding carboxylic acids is 2. The fourth-order valence-corrected chi connectivity index (χ4v) is 3.54. The molecule has 1 saturated carbocycles. The van der Waals surface area contributed by atoms with Crippen molar-refractivity contribution in [2.24, 2.45) is 5.73 Å². The molecule has 1 aliphatic rings. The Kier molecular flexibility index (Phi) is 6.87. The van der Waals surface area contributed by atoms with Crippen LogP contribution in [0.5, 0.6) is 0 Å². The van der Waals surface area contributed by atoms with Crippen LogP contribution < -0.4 is 21.4 Å². The Labute approximate surface area is 201 Å². The van der Waals surface area contributed by atoms with Crippen LogP contribution >= 0.6 is 0 Å². The first-order valence-corrected chi connectivity index (χ1v) is 11.2. The lowest BCUT2D eigenvalue weighted by molar-refractivity contribution is 0.0942. The van der Waals surface area contributed by atoms with Crippen LogP contribution in [-0.2, 0) is 4.84 Å². The molecule has 0 bridgehead atoms. The first-order chi connectivity index (χ1) is 16.8. The molecule has 0 atom stereocenters. The van der Waals surface area contributed by atoms with Crippen LogP contribution in [0.25, 0.3) is 11.4 Å². The number of amides is 2. The average molecular weight is 480 g/mol. The number of halogens is 1. The van der Waals surface area contributed by atoms with Crippen molar-refractivity contribution in [2.75, 3.05) is 24.0 Å². The summed E-state index contributed by atoms with van der Waals surface area (Å²) in [4.78, 5) is 43.5. The highest BCUT2D eigenvalue weighted by Gasteiger charge is 2.28. The molecule has 1 fully saturated rings. The number of nitrogens with two attached hydrogens (primary N) is 1. The fourth-order valence-electron chi connectivity index (χ4n) is 3.54.